The average Bonchev–Trinajstić information content (AvgIpc) is 3.08. The van der Waals surface area contributed by atoms with Crippen molar-refractivity contribution in [1.82, 2.24) is 0 Å². The number of rotatable bonds is 4. The first-order valence-electron chi connectivity index (χ1n) is 10.6. The Morgan fingerprint density at radius 2 is 1.38 bits per heavy atom. The first kappa shape index (κ1) is 22.7. The van der Waals surface area contributed by atoms with Crippen LogP contribution in [0.2, 0.25) is 0 Å². The van der Waals surface area contributed by atoms with Crippen LogP contribution in [0.5, 0.6) is 0 Å². The molecule has 2 aliphatic carbocycles. The lowest BCUT2D eigenvalue weighted by molar-refractivity contribution is -0.433. The van der Waals surface area contributed by atoms with E-state index in [1.807, 2.05) is 25.1 Å². The zero-order valence-electron chi connectivity index (χ0n) is 18.0. The molecule has 0 saturated heterocycles. The van der Waals surface area contributed by atoms with Gasteiger partial charge in [-0.1, -0.05) is 69.1 Å². The zero-order valence-corrected chi connectivity index (χ0v) is 21.2. The average molecular weight is 582 g/mol. The maximum Gasteiger partial charge on any atom is 0.269 e. The first-order chi connectivity index (χ1) is 16.2. The Labute approximate surface area is 212 Å². The van der Waals surface area contributed by atoms with Gasteiger partial charge in [-0.25, -0.2) is 0 Å². The predicted octanol–water partition coefficient (Wildman–Crippen LogP) is 7.56. The van der Waals surface area contributed by atoms with Gasteiger partial charge >= 0.3 is 0 Å². The molecule has 0 aliphatic heterocycles. The fourth-order valence-electron chi connectivity index (χ4n) is 5.32. The van der Waals surface area contributed by atoms with Crippen molar-refractivity contribution in [3.8, 4) is 11.1 Å². The molecule has 3 aromatic rings. The fourth-order valence-corrected chi connectivity index (χ4v) is 6.04. The fraction of sp³-hybridized carbons (Fsp3) is 0.154. The van der Waals surface area contributed by atoms with Gasteiger partial charge in [0.25, 0.3) is 5.69 Å². The largest absolute Gasteiger partial charge is 0.269 e. The summed E-state index contributed by atoms with van der Waals surface area (Å²) in [5.74, 6) is -0.281. The van der Waals surface area contributed by atoms with E-state index in [4.69, 9.17) is 0 Å². The molecule has 8 heteroatoms. The maximum absolute atomic E-state index is 11.6. The molecule has 0 amide bonds. The molecule has 0 spiro atoms. The quantitative estimate of drug-likeness (QED) is 0.235. The third-order valence-electron chi connectivity index (χ3n) is 6.75. The third kappa shape index (κ3) is 3.35. The van der Waals surface area contributed by atoms with Crippen molar-refractivity contribution >= 4 is 37.5 Å². The summed E-state index contributed by atoms with van der Waals surface area (Å²) < 4.78 is 1.82. The molecular formula is C26H18Br2N2O4. The molecule has 34 heavy (non-hydrogen) atoms. The topological polar surface area (TPSA) is 86.3 Å². The highest BCUT2D eigenvalue weighted by atomic mass is 79.9. The standard InChI is InChI=1S/C26H18Br2N2O4/c1-15-12-17(4-11-25(15)30(33)34)26(16-2-7-20(8-3-16)29(31)32)23-13-18(27)5-9-21(23)22-10-6-19(28)14-24(22)26/h2-11,13-15H,12H2,1H3. The van der Waals surface area contributed by atoms with Crippen LogP contribution in [0.4, 0.5) is 5.69 Å². The van der Waals surface area contributed by atoms with Gasteiger partial charge in [0.05, 0.1) is 21.2 Å². The summed E-state index contributed by atoms with van der Waals surface area (Å²) in [6.07, 6.45) is 3.95. The summed E-state index contributed by atoms with van der Waals surface area (Å²) in [7, 11) is 0. The van der Waals surface area contributed by atoms with Crippen LogP contribution in [0.25, 0.3) is 11.1 Å². The Bertz CT molecular complexity index is 1380. The van der Waals surface area contributed by atoms with E-state index in [9.17, 15) is 20.2 Å². The summed E-state index contributed by atoms with van der Waals surface area (Å²) >= 11 is 7.25. The second-order valence-electron chi connectivity index (χ2n) is 8.58. The van der Waals surface area contributed by atoms with E-state index in [1.165, 1.54) is 12.1 Å². The van der Waals surface area contributed by atoms with Crippen LogP contribution in [0.1, 0.15) is 30.0 Å². The zero-order chi connectivity index (χ0) is 24.2. The summed E-state index contributed by atoms with van der Waals surface area (Å²) in [6.45, 7) is 1.86. The molecule has 0 saturated carbocycles. The number of benzene rings is 3. The molecule has 3 aromatic carbocycles. The number of hydrogen-bond acceptors (Lipinski definition) is 4. The number of nitrogens with zero attached hydrogens (tertiary/aromatic N) is 2. The number of non-ortho nitro benzene ring substituents is 1. The van der Waals surface area contributed by atoms with Crippen molar-refractivity contribution in [2.45, 2.75) is 18.8 Å². The lowest BCUT2D eigenvalue weighted by Crippen LogP contribution is -2.32. The Morgan fingerprint density at radius 1 is 0.824 bits per heavy atom. The number of nitro benzene ring substituents is 1. The van der Waals surface area contributed by atoms with Gasteiger partial charge in [-0.3, -0.25) is 20.2 Å². The molecule has 0 radical (unpaired) electrons. The van der Waals surface area contributed by atoms with E-state index in [-0.39, 0.29) is 22.2 Å². The molecule has 170 valence electrons. The van der Waals surface area contributed by atoms with E-state index in [0.29, 0.717) is 6.42 Å². The maximum atomic E-state index is 11.6. The lowest BCUT2D eigenvalue weighted by atomic mass is 9.64. The molecule has 0 aromatic heterocycles. The summed E-state index contributed by atoms with van der Waals surface area (Å²) in [6, 6.07) is 19.0. The van der Waals surface area contributed by atoms with Crippen molar-refractivity contribution < 1.29 is 9.85 Å². The second kappa shape index (κ2) is 8.29. The van der Waals surface area contributed by atoms with Gasteiger partial charge < -0.3 is 0 Å². The molecule has 0 N–H and O–H groups in total. The van der Waals surface area contributed by atoms with Crippen LogP contribution < -0.4 is 0 Å². The molecule has 1 unspecified atom stereocenters. The minimum Gasteiger partial charge on any atom is -0.259 e. The highest BCUT2D eigenvalue weighted by Gasteiger charge is 2.49. The Kier molecular flexibility index (Phi) is 5.53. The Balaban J connectivity index is 1.89. The molecular weight excluding hydrogens is 564 g/mol. The van der Waals surface area contributed by atoms with Crippen molar-refractivity contribution in [3.63, 3.8) is 0 Å². The molecule has 5 rings (SSSR count). The highest BCUT2D eigenvalue weighted by molar-refractivity contribution is 9.10. The number of nitro groups is 2. The minimum absolute atomic E-state index is 0.0161. The van der Waals surface area contributed by atoms with Crippen molar-refractivity contribution in [3.05, 3.63) is 130 Å². The van der Waals surface area contributed by atoms with E-state index < -0.39 is 10.3 Å². The van der Waals surface area contributed by atoms with Crippen LogP contribution in [0.15, 0.2) is 93.0 Å². The smallest absolute Gasteiger partial charge is 0.259 e. The molecule has 6 nitrogen and oxygen atoms in total. The van der Waals surface area contributed by atoms with Gasteiger partial charge in [-0.05, 0) is 64.1 Å². The van der Waals surface area contributed by atoms with Crippen LogP contribution in [-0.4, -0.2) is 9.85 Å². The van der Waals surface area contributed by atoms with Gasteiger partial charge in [0.2, 0.25) is 5.70 Å². The first-order valence-corrected chi connectivity index (χ1v) is 12.2. The van der Waals surface area contributed by atoms with Crippen molar-refractivity contribution in [1.29, 1.82) is 0 Å². The Morgan fingerprint density at radius 3 is 1.85 bits per heavy atom. The van der Waals surface area contributed by atoms with E-state index >= 15 is 0 Å². The molecule has 0 bridgehead atoms. The molecule has 0 heterocycles. The number of allylic oxidation sites excluding steroid dienone is 4. The highest BCUT2D eigenvalue weighted by Crippen LogP contribution is 2.59. The van der Waals surface area contributed by atoms with E-state index in [0.717, 1.165) is 42.3 Å². The van der Waals surface area contributed by atoms with Crippen LogP contribution in [0, 0.1) is 26.1 Å². The number of halogens is 2. The Hall–Kier alpha value is -3.10. The van der Waals surface area contributed by atoms with Crippen molar-refractivity contribution in [2.24, 2.45) is 5.92 Å². The second-order valence-corrected chi connectivity index (χ2v) is 10.4. The van der Waals surface area contributed by atoms with Crippen molar-refractivity contribution in [2.75, 3.05) is 0 Å². The summed E-state index contributed by atoms with van der Waals surface area (Å²) in [4.78, 5) is 22.2. The predicted molar refractivity (Wildman–Crippen MR) is 137 cm³/mol. The SMILES string of the molecule is CC1CC(C2(c3ccc([N+](=O)[O-])cc3)c3cc(Br)ccc3-c3ccc(Br)cc32)=CC=C1[N+](=O)[O-]. The molecule has 1 atom stereocenters. The molecule has 2 aliphatic rings. The number of fused-ring (bicyclic) bond motifs is 3. The van der Waals surface area contributed by atoms with Gasteiger partial charge in [0.15, 0.2) is 0 Å². The number of hydrogen-bond donors (Lipinski definition) is 0. The van der Waals surface area contributed by atoms with Gasteiger partial charge in [0, 0.05) is 27.2 Å². The van der Waals surface area contributed by atoms with E-state index in [1.54, 1.807) is 18.2 Å². The van der Waals surface area contributed by atoms with Crippen LogP contribution in [0.3, 0.4) is 0 Å². The van der Waals surface area contributed by atoms with E-state index in [2.05, 4.69) is 56.1 Å². The molecule has 0 fully saturated rings. The van der Waals surface area contributed by atoms with Gasteiger partial charge in [-0.15, -0.1) is 0 Å². The monoisotopic (exact) mass is 580 g/mol. The van der Waals surface area contributed by atoms with Gasteiger partial charge in [-0.2, -0.15) is 0 Å². The third-order valence-corrected chi connectivity index (χ3v) is 7.74. The lowest BCUT2D eigenvalue weighted by Gasteiger charge is -2.37. The summed E-state index contributed by atoms with van der Waals surface area (Å²) in [5.41, 5.74) is 5.57. The minimum atomic E-state index is -0.750. The van der Waals surface area contributed by atoms with Crippen LogP contribution in [-0.2, 0) is 5.41 Å². The van der Waals surface area contributed by atoms with Gasteiger partial charge in [0.1, 0.15) is 0 Å². The normalized spacial score (nSPS) is 17.9. The summed E-state index contributed by atoms with van der Waals surface area (Å²) in [5, 5.41) is 22.9. The van der Waals surface area contributed by atoms with Crippen LogP contribution >= 0.6 is 31.9 Å².